The minimum absolute atomic E-state index is 0.0254. The zero-order valence-electron chi connectivity index (χ0n) is 17.3. The van der Waals surface area contributed by atoms with Gasteiger partial charge >= 0.3 is 0 Å². The van der Waals surface area contributed by atoms with Gasteiger partial charge in [0.15, 0.2) is 0 Å². The Bertz CT molecular complexity index is 881. The van der Waals surface area contributed by atoms with Crippen molar-refractivity contribution in [2.45, 2.75) is 25.0 Å². The van der Waals surface area contributed by atoms with Crippen molar-refractivity contribution in [3.8, 4) is 0 Å². The number of likely N-dealkylation sites (N-methyl/N-ethyl adjacent to an activating group) is 1. The lowest BCUT2D eigenvalue weighted by molar-refractivity contribution is 0.0306. The minimum atomic E-state index is -0.387. The Morgan fingerprint density at radius 3 is 2.60 bits per heavy atom. The highest BCUT2D eigenvalue weighted by molar-refractivity contribution is 5.92. The van der Waals surface area contributed by atoms with Crippen LogP contribution in [0, 0.1) is 11.8 Å². The number of aliphatic hydroxyl groups excluding tert-OH is 1. The fourth-order valence-electron chi connectivity index (χ4n) is 5.14. The third-order valence-electron chi connectivity index (χ3n) is 6.93. The highest BCUT2D eigenvalue weighted by atomic mass is 16.3. The number of hydrogen-bond acceptors (Lipinski definition) is 7. The molecule has 5 rings (SSSR count). The van der Waals surface area contributed by atoms with Gasteiger partial charge in [-0.3, -0.25) is 14.5 Å². The first kappa shape index (κ1) is 19.4. The van der Waals surface area contributed by atoms with E-state index in [1.807, 2.05) is 21.8 Å². The van der Waals surface area contributed by atoms with E-state index < -0.39 is 0 Å². The SMILES string of the molecule is CN1CCN(C(=O)c2cncc(N3C[C@H]4C[C@@H](n5cccn5)[C@H](O)C[C@H]4C3)n2)CC1. The van der Waals surface area contributed by atoms with E-state index in [0.29, 0.717) is 17.5 Å². The fraction of sp³-hybridized carbons (Fsp3) is 0.619. The van der Waals surface area contributed by atoms with E-state index in [1.54, 1.807) is 18.6 Å². The number of hydrogen-bond donors (Lipinski definition) is 1. The molecular formula is C21H29N7O2. The molecule has 2 aromatic rings. The molecule has 0 spiro atoms. The molecule has 0 bridgehead atoms. The van der Waals surface area contributed by atoms with Gasteiger partial charge in [0.25, 0.3) is 5.91 Å². The van der Waals surface area contributed by atoms with Crippen LogP contribution in [0.5, 0.6) is 0 Å². The number of carbonyl (C=O) groups excluding carboxylic acids is 1. The molecular weight excluding hydrogens is 382 g/mol. The summed E-state index contributed by atoms with van der Waals surface area (Å²) in [6.45, 7) is 4.93. The Labute approximate surface area is 176 Å². The number of rotatable bonds is 3. The van der Waals surface area contributed by atoms with Gasteiger partial charge in [-0.05, 0) is 37.8 Å². The molecule has 2 aromatic heterocycles. The van der Waals surface area contributed by atoms with E-state index in [9.17, 15) is 9.90 Å². The molecule has 1 aliphatic carbocycles. The summed E-state index contributed by atoms with van der Waals surface area (Å²) in [6.07, 6.45) is 8.29. The van der Waals surface area contributed by atoms with Gasteiger partial charge in [-0.15, -0.1) is 0 Å². The Hall–Kier alpha value is -2.52. The van der Waals surface area contributed by atoms with Crippen molar-refractivity contribution in [3.63, 3.8) is 0 Å². The van der Waals surface area contributed by atoms with Crippen LogP contribution in [-0.2, 0) is 0 Å². The van der Waals surface area contributed by atoms with Crippen molar-refractivity contribution in [2.24, 2.45) is 11.8 Å². The van der Waals surface area contributed by atoms with Crippen molar-refractivity contribution < 1.29 is 9.90 Å². The largest absolute Gasteiger partial charge is 0.391 e. The average Bonchev–Trinajstić information content (AvgIpc) is 3.43. The van der Waals surface area contributed by atoms with Crippen molar-refractivity contribution >= 4 is 11.7 Å². The quantitative estimate of drug-likeness (QED) is 0.787. The second-order valence-electron chi connectivity index (χ2n) is 8.88. The summed E-state index contributed by atoms with van der Waals surface area (Å²) in [7, 11) is 2.07. The van der Waals surface area contributed by atoms with E-state index in [1.165, 1.54) is 0 Å². The predicted molar refractivity (Wildman–Crippen MR) is 111 cm³/mol. The van der Waals surface area contributed by atoms with Gasteiger partial charge in [0, 0.05) is 51.7 Å². The zero-order valence-corrected chi connectivity index (χ0v) is 17.3. The maximum absolute atomic E-state index is 12.9. The van der Waals surface area contributed by atoms with Gasteiger partial charge in [-0.2, -0.15) is 5.10 Å². The molecule has 0 aromatic carbocycles. The Morgan fingerprint density at radius 1 is 1.10 bits per heavy atom. The summed E-state index contributed by atoms with van der Waals surface area (Å²) in [5.41, 5.74) is 0.418. The molecule has 3 fully saturated rings. The summed E-state index contributed by atoms with van der Waals surface area (Å²) in [4.78, 5) is 28.2. The van der Waals surface area contributed by atoms with Gasteiger partial charge < -0.3 is 19.8 Å². The van der Waals surface area contributed by atoms with E-state index in [0.717, 1.165) is 57.9 Å². The van der Waals surface area contributed by atoms with Crippen LogP contribution in [-0.4, -0.2) is 93.0 Å². The number of aliphatic hydroxyl groups is 1. The maximum atomic E-state index is 12.9. The number of piperazine rings is 1. The Balaban J connectivity index is 1.28. The van der Waals surface area contributed by atoms with Crippen molar-refractivity contribution in [1.29, 1.82) is 0 Å². The van der Waals surface area contributed by atoms with Crippen molar-refractivity contribution in [3.05, 3.63) is 36.5 Å². The van der Waals surface area contributed by atoms with Gasteiger partial charge in [0.1, 0.15) is 11.5 Å². The maximum Gasteiger partial charge on any atom is 0.274 e. The third kappa shape index (κ3) is 3.67. The number of amides is 1. The highest BCUT2D eigenvalue weighted by Crippen LogP contribution is 2.41. The monoisotopic (exact) mass is 411 g/mol. The smallest absolute Gasteiger partial charge is 0.274 e. The Kier molecular flexibility index (Phi) is 5.16. The van der Waals surface area contributed by atoms with Gasteiger partial charge in [0.05, 0.1) is 24.5 Å². The van der Waals surface area contributed by atoms with Crippen LogP contribution in [0.25, 0.3) is 0 Å². The standard InChI is InChI=1S/C21H29N7O2/c1-25-5-7-26(8-6-25)21(30)17-11-22-12-20(24-17)27-13-15-9-18(28-4-2-3-23-28)19(29)10-16(15)14-27/h2-4,11-12,15-16,18-19,29H,5-10,13-14H2,1H3/t15-,16+,18-,19-/m1/s1. The lowest BCUT2D eigenvalue weighted by atomic mass is 9.77. The lowest BCUT2D eigenvalue weighted by Gasteiger charge is -2.35. The van der Waals surface area contributed by atoms with Crippen LogP contribution in [0.1, 0.15) is 29.4 Å². The number of fused-ring (bicyclic) bond motifs is 1. The molecule has 4 atom stereocenters. The summed E-state index contributed by atoms with van der Waals surface area (Å²) >= 11 is 0. The number of carbonyl (C=O) groups is 1. The zero-order chi connectivity index (χ0) is 20.7. The van der Waals surface area contributed by atoms with E-state index in [4.69, 9.17) is 0 Å². The summed E-state index contributed by atoms with van der Waals surface area (Å²) in [5, 5.41) is 15.0. The van der Waals surface area contributed by atoms with Crippen LogP contribution in [0.15, 0.2) is 30.9 Å². The first-order chi connectivity index (χ1) is 14.6. The molecule has 2 aliphatic heterocycles. The third-order valence-corrected chi connectivity index (χ3v) is 6.93. The Morgan fingerprint density at radius 2 is 1.87 bits per heavy atom. The van der Waals surface area contributed by atoms with Gasteiger partial charge in [-0.1, -0.05) is 0 Å². The van der Waals surface area contributed by atoms with Crippen LogP contribution in [0.4, 0.5) is 5.82 Å². The van der Waals surface area contributed by atoms with Crippen molar-refractivity contribution in [1.82, 2.24) is 29.5 Å². The van der Waals surface area contributed by atoms with Gasteiger partial charge in [0.2, 0.25) is 0 Å². The topological polar surface area (TPSA) is 90.6 Å². The molecule has 4 heterocycles. The first-order valence-corrected chi connectivity index (χ1v) is 10.8. The normalized spacial score (nSPS) is 29.8. The molecule has 9 heteroatoms. The number of aromatic nitrogens is 4. The number of nitrogens with zero attached hydrogens (tertiary/aromatic N) is 7. The molecule has 1 N–H and O–H groups in total. The molecule has 30 heavy (non-hydrogen) atoms. The molecule has 1 amide bonds. The average molecular weight is 412 g/mol. The summed E-state index contributed by atoms with van der Waals surface area (Å²) < 4.78 is 1.89. The second-order valence-corrected chi connectivity index (χ2v) is 8.88. The molecule has 9 nitrogen and oxygen atoms in total. The molecule has 160 valence electrons. The van der Waals surface area contributed by atoms with Crippen LogP contribution in [0.3, 0.4) is 0 Å². The predicted octanol–water partition coefficient (Wildman–Crippen LogP) is 0.509. The van der Waals surface area contributed by atoms with Crippen LogP contribution < -0.4 is 4.90 Å². The fourth-order valence-corrected chi connectivity index (χ4v) is 5.14. The van der Waals surface area contributed by atoms with Crippen LogP contribution in [0.2, 0.25) is 0 Å². The molecule has 3 aliphatic rings. The lowest BCUT2D eigenvalue weighted by Crippen LogP contribution is -2.47. The van der Waals surface area contributed by atoms with E-state index in [2.05, 4.69) is 31.9 Å². The molecule has 1 saturated carbocycles. The molecule has 2 saturated heterocycles. The van der Waals surface area contributed by atoms with E-state index >= 15 is 0 Å². The molecule has 0 radical (unpaired) electrons. The van der Waals surface area contributed by atoms with Crippen molar-refractivity contribution in [2.75, 3.05) is 51.2 Å². The van der Waals surface area contributed by atoms with Gasteiger partial charge in [-0.25, -0.2) is 4.98 Å². The van der Waals surface area contributed by atoms with E-state index in [-0.39, 0.29) is 18.1 Å². The molecule has 0 unspecified atom stereocenters. The summed E-state index contributed by atoms with van der Waals surface area (Å²) in [5.74, 6) is 1.62. The van der Waals surface area contributed by atoms with Crippen LogP contribution >= 0.6 is 0 Å². The first-order valence-electron chi connectivity index (χ1n) is 10.8. The second kappa shape index (κ2) is 7.96. The number of anilines is 1. The summed E-state index contributed by atoms with van der Waals surface area (Å²) in [6, 6.07) is 1.93. The minimum Gasteiger partial charge on any atom is -0.391 e. The highest BCUT2D eigenvalue weighted by Gasteiger charge is 2.43.